The third-order valence-corrected chi connectivity index (χ3v) is 4.91. The van der Waals surface area contributed by atoms with Crippen LogP contribution in [0.5, 0.6) is 0 Å². The third kappa shape index (κ3) is 1.64. The topological polar surface area (TPSA) is 86.3 Å². The molecule has 0 spiro atoms. The van der Waals surface area contributed by atoms with Gasteiger partial charge in [-0.05, 0) is 13.3 Å². The molecule has 16 heavy (non-hydrogen) atoms. The van der Waals surface area contributed by atoms with Crippen molar-refractivity contribution >= 4 is 10.0 Å². The smallest absolute Gasteiger partial charge is 0.246 e. The van der Waals surface area contributed by atoms with Crippen molar-refractivity contribution in [3.63, 3.8) is 0 Å². The Morgan fingerprint density at radius 1 is 1.62 bits per heavy atom. The van der Waals surface area contributed by atoms with Gasteiger partial charge in [0.25, 0.3) is 0 Å². The van der Waals surface area contributed by atoms with Gasteiger partial charge in [0.15, 0.2) is 0 Å². The van der Waals surface area contributed by atoms with Crippen LogP contribution in [0.3, 0.4) is 0 Å². The lowest BCUT2D eigenvalue weighted by atomic mass is 9.94. The highest BCUT2D eigenvalue weighted by atomic mass is 32.2. The first-order valence-electron chi connectivity index (χ1n) is 5.11. The lowest BCUT2D eigenvalue weighted by Crippen LogP contribution is -2.62. The van der Waals surface area contributed by atoms with E-state index in [-0.39, 0.29) is 18.0 Å². The fraction of sp³-hybridized carbons (Fsp3) is 0.667. The van der Waals surface area contributed by atoms with Crippen LogP contribution in [0.2, 0.25) is 0 Å². The van der Waals surface area contributed by atoms with Crippen molar-refractivity contribution in [2.45, 2.75) is 30.8 Å². The summed E-state index contributed by atoms with van der Waals surface area (Å²) in [6.07, 6.45) is 1.86. The molecule has 6 nitrogen and oxygen atoms in total. The molecule has 2 N–H and O–H groups in total. The van der Waals surface area contributed by atoms with E-state index >= 15 is 0 Å². The molecule has 1 fully saturated rings. The number of aromatic nitrogens is 2. The van der Waals surface area contributed by atoms with Gasteiger partial charge in [0, 0.05) is 13.1 Å². The van der Waals surface area contributed by atoms with Crippen LogP contribution in [-0.4, -0.2) is 46.7 Å². The van der Waals surface area contributed by atoms with Gasteiger partial charge in [-0.15, -0.1) is 0 Å². The molecule has 1 aromatic heterocycles. The lowest BCUT2D eigenvalue weighted by molar-refractivity contribution is -0.0613. The zero-order chi connectivity index (χ0) is 12.0. The summed E-state index contributed by atoms with van der Waals surface area (Å²) in [5, 5.41) is 16.1. The molecule has 0 atom stereocenters. The van der Waals surface area contributed by atoms with Crippen molar-refractivity contribution in [3.8, 4) is 0 Å². The summed E-state index contributed by atoms with van der Waals surface area (Å²) >= 11 is 0. The Labute approximate surface area is 94.3 Å². The molecule has 1 saturated heterocycles. The van der Waals surface area contributed by atoms with Gasteiger partial charge in [0.05, 0.1) is 17.5 Å². The maximum Gasteiger partial charge on any atom is 0.246 e. The van der Waals surface area contributed by atoms with E-state index in [9.17, 15) is 13.5 Å². The van der Waals surface area contributed by atoms with Crippen LogP contribution in [0.4, 0.5) is 0 Å². The predicted molar refractivity (Wildman–Crippen MR) is 57.3 cm³/mol. The Morgan fingerprint density at radius 3 is 2.69 bits per heavy atom. The molecule has 0 amide bonds. The summed E-state index contributed by atoms with van der Waals surface area (Å²) in [6, 6.07) is 0. The monoisotopic (exact) mass is 245 g/mol. The van der Waals surface area contributed by atoms with Crippen LogP contribution < -0.4 is 0 Å². The molecule has 0 aliphatic carbocycles. The fourth-order valence-corrected chi connectivity index (χ4v) is 3.46. The molecule has 1 aromatic rings. The van der Waals surface area contributed by atoms with E-state index in [1.165, 1.54) is 10.5 Å². The van der Waals surface area contributed by atoms with E-state index < -0.39 is 15.6 Å². The van der Waals surface area contributed by atoms with Crippen molar-refractivity contribution in [2.75, 3.05) is 13.1 Å². The van der Waals surface area contributed by atoms with Gasteiger partial charge in [-0.25, -0.2) is 8.42 Å². The molecular weight excluding hydrogens is 230 g/mol. The Bertz CT molecular complexity index is 488. The fourth-order valence-electron chi connectivity index (χ4n) is 1.74. The largest absolute Gasteiger partial charge is 0.387 e. The molecular formula is C9H15N3O3S. The molecule has 0 aromatic carbocycles. The summed E-state index contributed by atoms with van der Waals surface area (Å²) in [4.78, 5) is 0.186. The van der Waals surface area contributed by atoms with Crippen LogP contribution in [0.15, 0.2) is 11.1 Å². The highest BCUT2D eigenvalue weighted by Gasteiger charge is 2.46. The molecule has 90 valence electrons. The van der Waals surface area contributed by atoms with Crippen LogP contribution in [-0.2, 0) is 10.0 Å². The second kappa shape index (κ2) is 3.54. The first-order valence-corrected chi connectivity index (χ1v) is 6.55. The highest BCUT2D eigenvalue weighted by molar-refractivity contribution is 7.89. The Morgan fingerprint density at radius 2 is 2.25 bits per heavy atom. The van der Waals surface area contributed by atoms with Gasteiger partial charge < -0.3 is 5.11 Å². The number of rotatable bonds is 3. The first kappa shape index (κ1) is 11.6. The van der Waals surface area contributed by atoms with Crippen molar-refractivity contribution in [1.82, 2.24) is 14.5 Å². The number of β-amino-alcohol motifs (C(OH)–C–C–N with tert-alkyl or cyclic N) is 1. The Balaban J connectivity index is 2.21. The van der Waals surface area contributed by atoms with Gasteiger partial charge in [-0.3, -0.25) is 5.10 Å². The first-order chi connectivity index (χ1) is 7.39. The average Bonchev–Trinajstić information content (AvgIpc) is 2.60. The van der Waals surface area contributed by atoms with Gasteiger partial charge in [-0.1, -0.05) is 6.92 Å². The highest BCUT2D eigenvalue weighted by Crippen LogP contribution is 2.30. The van der Waals surface area contributed by atoms with Crippen LogP contribution in [0.1, 0.15) is 19.0 Å². The Hall–Kier alpha value is -0.920. The SMILES string of the molecule is CCC1(O)CN(S(=O)(=O)c2cn[nH]c2C)C1. The van der Waals surface area contributed by atoms with Crippen LogP contribution >= 0.6 is 0 Å². The number of aliphatic hydroxyl groups is 1. The molecule has 0 saturated carbocycles. The summed E-state index contributed by atoms with van der Waals surface area (Å²) in [5.74, 6) is 0. The number of aromatic amines is 1. The quantitative estimate of drug-likeness (QED) is 0.776. The van der Waals surface area contributed by atoms with E-state index in [1.54, 1.807) is 6.92 Å². The zero-order valence-corrected chi connectivity index (χ0v) is 10.1. The number of nitrogens with zero attached hydrogens (tertiary/aromatic N) is 2. The second-order valence-corrected chi connectivity index (χ2v) is 6.12. The van der Waals surface area contributed by atoms with Gasteiger partial charge in [0.1, 0.15) is 4.90 Å². The standard InChI is InChI=1S/C9H15N3O3S/c1-3-9(13)5-12(6-9)16(14,15)8-4-10-11-7(8)2/h4,13H,3,5-6H2,1-2H3,(H,10,11). The van der Waals surface area contributed by atoms with E-state index in [0.29, 0.717) is 12.1 Å². The molecule has 7 heteroatoms. The summed E-state index contributed by atoms with van der Waals surface area (Å²) in [5.41, 5.74) is -0.336. The van der Waals surface area contributed by atoms with Gasteiger partial charge >= 0.3 is 0 Å². The molecule has 0 unspecified atom stereocenters. The summed E-state index contributed by atoms with van der Waals surface area (Å²) in [7, 11) is -3.49. The molecule has 2 rings (SSSR count). The van der Waals surface area contributed by atoms with Crippen molar-refractivity contribution in [2.24, 2.45) is 0 Å². The van der Waals surface area contributed by atoms with E-state index in [0.717, 1.165) is 0 Å². The molecule has 2 heterocycles. The third-order valence-electron chi connectivity index (χ3n) is 3.00. The number of aryl methyl sites for hydroxylation is 1. The molecule has 1 aliphatic rings. The average molecular weight is 245 g/mol. The number of sulfonamides is 1. The summed E-state index contributed by atoms with van der Waals surface area (Å²) in [6.45, 7) is 3.83. The number of nitrogens with one attached hydrogen (secondary N) is 1. The Kier molecular flexibility index (Phi) is 2.56. The number of hydrogen-bond acceptors (Lipinski definition) is 4. The normalized spacial score (nSPS) is 20.7. The van der Waals surface area contributed by atoms with Crippen LogP contribution in [0.25, 0.3) is 0 Å². The predicted octanol–water partition coefficient (Wildman–Crippen LogP) is -0.136. The summed E-state index contributed by atoms with van der Waals surface area (Å²) < 4.78 is 25.4. The van der Waals surface area contributed by atoms with Gasteiger partial charge in [-0.2, -0.15) is 9.40 Å². The van der Waals surface area contributed by atoms with Crippen molar-refractivity contribution < 1.29 is 13.5 Å². The van der Waals surface area contributed by atoms with Crippen LogP contribution in [0, 0.1) is 6.92 Å². The minimum Gasteiger partial charge on any atom is -0.387 e. The number of hydrogen-bond donors (Lipinski definition) is 2. The van der Waals surface area contributed by atoms with E-state index in [1.807, 2.05) is 6.92 Å². The number of H-pyrrole nitrogens is 1. The van der Waals surface area contributed by atoms with E-state index in [2.05, 4.69) is 10.2 Å². The van der Waals surface area contributed by atoms with Crippen molar-refractivity contribution in [3.05, 3.63) is 11.9 Å². The zero-order valence-electron chi connectivity index (χ0n) is 9.27. The molecule has 0 radical (unpaired) electrons. The molecule has 1 aliphatic heterocycles. The van der Waals surface area contributed by atoms with E-state index in [4.69, 9.17) is 0 Å². The van der Waals surface area contributed by atoms with Gasteiger partial charge in [0.2, 0.25) is 10.0 Å². The van der Waals surface area contributed by atoms with Crippen molar-refractivity contribution in [1.29, 1.82) is 0 Å². The minimum atomic E-state index is -3.49. The second-order valence-electron chi connectivity index (χ2n) is 4.21. The maximum absolute atomic E-state index is 12.1. The molecule has 0 bridgehead atoms. The maximum atomic E-state index is 12.1. The lowest BCUT2D eigenvalue weighted by Gasteiger charge is -2.44. The minimum absolute atomic E-state index is 0.163.